The van der Waals surface area contributed by atoms with Crippen LogP contribution in [0.5, 0.6) is 0 Å². The first kappa shape index (κ1) is 17.7. The first-order valence-corrected chi connectivity index (χ1v) is 7.39. The van der Waals surface area contributed by atoms with Gasteiger partial charge in [-0.15, -0.1) is 0 Å². The molecule has 0 amide bonds. The van der Waals surface area contributed by atoms with Crippen LogP contribution in [-0.2, 0) is 10.9 Å². The molecule has 1 aliphatic rings. The summed E-state index contributed by atoms with van der Waals surface area (Å²) in [5.74, 6) is 0.545. The molecule has 2 rings (SSSR count). The lowest BCUT2D eigenvalue weighted by atomic mass is 10.3. The minimum atomic E-state index is -4.56. The van der Waals surface area contributed by atoms with Crippen molar-refractivity contribution in [3.63, 3.8) is 0 Å². The van der Waals surface area contributed by atoms with Crippen LogP contribution in [0.4, 0.5) is 24.9 Å². The molecule has 23 heavy (non-hydrogen) atoms. The van der Waals surface area contributed by atoms with E-state index in [4.69, 9.17) is 4.74 Å². The van der Waals surface area contributed by atoms with E-state index in [2.05, 4.69) is 15.3 Å². The van der Waals surface area contributed by atoms with Crippen LogP contribution in [0.2, 0.25) is 0 Å². The molecule has 0 saturated heterocycles. The molecule has 1 heterocycles. The van der Waals surface area contributed by atoms with Crippen molar-refractivity contribution in [2.75, 3.05) is 44.1 Å². The van der Waals surface area contributed by atoms with Gasteiger partial charge in [0, 0.05) is 33.3 Å². The molecule has 1 unspecified atom stereocenters. The number of hydrogen-bond acceptors (Lipinski definition) is 6. The quantitative estimate of drug-likeness (QED) is 0.755. The Morgan fingerprint density at radius 2 is 2.09 bits per heavy atom. The average molecular weight is 334 g/mol. The summed E-state index contributed by atoms with van der Waals surface area (Å²) in [5, 5.41) is 12.4. The number of aromatic nitrogens is 2. The number of nitrogens with one attached hydrogen (secondary N) is 1. The van der Waals surface area contributed by atoms with Crippen molar-refractivity contribution in [2.45, 2.75) is 25.1 Å². The van der Waals surface area contributed by atoms with Gasteiger partial charge >= 0.3 is 6.18 Å². The highest BCUT2D eigenvalue weighted by molar-refractivity contribution is 5.44. The molecule has 1 aromatic rings. The van der Waals surface area contributed by atoms with Gasteiger partial charge in [0.25, 0.3) is 0 Å². The molecule has 2 N–H and O–H groups in total. The maximum Gasteiger partial charge on any atom is 0.433 e. The summed E-state index contributed by atoms with van der Waals surface area (Å²) in [4.78, 5) is 8.90. The molecular formula is C14H21F3N4O2. The van der Waals surface area contributed by atoms with Gasteiger partial charge in [-0.3, -0.25) is 0 Å². The van der Waals surface area contributed by atoms with E-state index < -0.39 is 18.0 Å². The summed E-state index contributed by atoms with van der Waals surface area (Å²) in [6.07, 6.45) is -3.09. The van der Waals surface area contributed by atoms with Crippen molar-refractivity contribution < 1.29 is 23.0 Å². The summed E-state index contributed by atoms with van der Waals surface area (Å²) in [7, 11) is 3.18. The zero-order valence-electron chi connectivity index (χ0n) is 13.1. The average Bonchev–Trinajstić information content (AvgIpc) is 3.28. The lowest BCUT2D eigenvalue weighted by Gasteiger charge is -2.17. The summed E-state index contributed by atoms with van der Waals surface area (Å²) in [6, 6.07) is 0.875. The molecule has 0 aromatic carbocycles. The Balaban J connectivity index is 1.93. The molecule has 1 aliphatic carbocycles. The molecule has 1 fully saturated rings. The third-order valence-electron chi connectivity index (χ3n) is 3.32. The van der Waals surface area contributed by atoms with Gasteiger partial charge in [0.05, 0.1) is 12.7 Å². The van der Waals surface area contributed by atoms with E-state index >= 15 is 0 Å². The van der Waals surface area contributed by atoms with Crippen LogP contribution in [0.1, 0.15) is 18.5 Å². The molecule has 1 saturated carbocycles. The smallest absolute Gasteiger partial charge is 0.389 e. The standard InChI is InChI=1S/C14H21F3N4O2/c1-21(2)12-5-11(14(15,16)17)19-13(20-12)18-6-10(22)8-23-7-9-3-4-9/h5,9-10,22H,3-4,6-8H2,1-2H3,(H,18,19,20). The number of ether oxygens (including phenoxy) is 1. The predicted molar refractivity (Wildman–Crippen MR) is 79.4 cm³/mol. The van der Waals surface area contributed by atoms with Gasteiger partial charge in [0.1, 0.15) is 5.82 Å². The lowest BCUT2D eigenvalue weighted by molar-refractivity contribution is -0.141. The van der Waals surface area contributed by atoms with Gasteiger partial charge in [0.15, 0.2) is 5.69 Å². The number of halogens is 3. The molecule has 0 spiro atoms. The first-order valence-electron chi connectivity index (χ1n) is 7.39. The lowest BCUT2D eigenvalue weighted by Crippen LogP contribution is -2.26. The minimum Gasteiger partial charge on any atom is -0.389 e. The molecule has 6 nitrogen and oxygen atoms in total. The van der Waals surface area contributed by atoms with Crippen LogP contribution in [0.15, 0.2) is 6.07 Å². The third kappa shape index (κ3) is 5.83. The Labute approximate surface area is 132 Å². The number of rotatable bonds is 8. The van der Waals surface area contributed by atoms with Gasteiger partial charge in [-0.25, -0.2) is 4.98 Å². The van der Waals surface area contributed by atoms with Crippen LogP contribution in [0, 0.1) is 5.92 Å². The molecule has 1 aromatic heterocycles. The highest BCUT2D eigenvalue weighted by Gasteiger charge is 2.34. The highest BCUT2D eigenvalue weighted by Crippen LogP contribution is 2.30. The molecule has 0 radical (unpaired) electrons. The van der Waals surface area contributed by atoms with Crippen LogP contribution in [-0.4, -0.2) is 55.0 Å². The SMILES string of the molecule is CN(C)c1cc(C(F)(F)F)nc(NCC(O)COCC2CC2)n1. The summed E-state index contributed by atoms with van der Waals surface area (Å²) >= 11 is 0. The minimum absolute atomic E-state index is 0.0127. The van der Waals surface area contributed by atoms with E-state index in [1.54, 1.807) is 14.1 Å². The Kier molecular flexibility index (Phi) is 5.64. The second kappa shape index (κ2) is 7.31. The van der Waals surface area contributed by atoms with Crippen LogP contribution in [0.25, 0.3) is 0 Å². The van der Waals surface area contributed by atoms with Gasteiger partial charge < -0.3 is 20.1 Å². The van der Waals surface area contributed by atoms with Crippen LogP contribution in [0.3, 0.4) is 0 Å². The fraction of sp³-hybridized carbons (Fsp3) is 0.714. The van der Waals surface area contributed by atoms with Gasteiger partial charge in [-0.2, -0.15) is 18.2 Å². The summed E-state index contributed by atoms with van der Waals surface area (Å²) < 4.78 is 43.9. The zero-order chi connectivity index (χ0) is 17.0. The van der Waals surface area contributed by atoms with Crippen molar-refractivity contribution in [1.82, 2.24) is 9.97 Å². The summed E-state index contributed by atoms with van der Waals surface area (Å²) in [6.45, 7) is 0.754. The topological polar surface area (TPSA) is 70.5 Å². The van der Waals surface area contributed by atoms with Gasteiger partial charge in [-0.1, -0.05) is 0 Å². The van der Waals surface area contributed by atoms with Crippen molar-refractivity contribution in [3.05, 3.63) is 11.8 Å². The van der Waals surface area contributed by atoms with Crippen molar-refractivity contribution in [1.29, 1.82) is 0 Å². The predicted octanol–water partition coefficient (Wildman–Crippen LogP) is 1.76. The fourth-order valence-electron chi connectivity index (χ4n) is 1.81. The Hall–Kier alpha value is -1.61. The molecule has 1 atom stereocenters. The number of nitrogens with zero attached hydrogens (tertiary/aromatic N) is 3. The van der Waals surface area contributed by atoms with Crippen molar-refractivity contribution in [3.8, 4) is 0 Å². The van der Waals surface area contributed by atoms with E-state index in [0.29, 0.717) is 12.5 Å². The number of aliphatic hydroxyl groups is 1. The van der Waals surface area contributed by atoms with E-state index in [1.807, 2.05) is 0 Å². The Bertz CT molecular complexity index is 521. The zero-order valence-corrected chi connectivity index (χ0v) is 13.1. The largest absolute Gasteiger partial charge is 0.433 e. The van der Waals surface area contributed by atoms with Crippen LogP contribution >= 0.6 is 0 Å². The molecular weight excluding hydrogens is 313 g/mol. The van der Waals surface area contributed by atoms with E-state index in [0.717, 1.165) is 18.9 Å². The number of alkyl halides is 3. The number of aliphatic hydroxyl groups excluding tert-OH is 1. The van der Waals surface area contributed by atoms with E-state index in [9.17, 15) is 18.3 Å². The van der Waals surface area contributed by atoms with Gasteiger partial charge in [0.2, 0.25) is 5.95 Å². The number of hydrogen-bond donors (Lipinski definition) is 2. The molecule has 130 valence electrons. The molecule has 9 heteroatoms. The number of anilines is 2. The summed E-state index contributed by atoms with van der Waals surface area (Å²) in [5.41, 5.74) is -1.03. The monoisotopic (exact) mass is 334 g/mol. The second-order valence-corrected chi connectivity index (χ2v) is 5.84. The fourth-order valence-corrected chi connectivity index (χ4v) is 1.81. The van der Waals surface area contributed by atoms with E-state index in [-0.39, 0.29) is 24.9 Å². The van der Waals surface area contributed by atoms with Crippen LogP contribution < -0.4 is 10.2 Å². The maximum atomic E-state index is 12.9. The first-order chi connectivity index (χ1) is 10.8. The van der Waals surface area contributed by atoms with Gasteiger partial charge in [-0.05, 0) is 18.8 Å². The highest BCUT2D eigenvalue weighted by atomic mass is 19.4. The molecule has 0 bridgehead atoms. The Morgan fingerprint density at radius 1 is 1.39 bits per heavy atom. The van der Waals surface area contributed by atoms with Crippen molar-refractivity contribution >= 4 is 11.8 Å². The second-order valence-electron chi connectivity index (χ2n) is 5.84. The maximum absolute atomic E-state index is 12.9. The third-order valence-corrected chi connectivity index (χ3v) is 3.32. The van der Waals surface area contributed by atoms with E-state index in [1.165, 1.54) is 4.90 Å². The Morgan fingerprint density at radius 3 is 2.65 bits per heavy atom. The van der Waals surface area contributed by atoms with Crippen molar-refractivity contribution in [2.24, 2.45) is 5.92 Å². The normalized spacial score (nSPS) is 16.3. The molecule has 0 aliphatic heterocycles.